The van der Waals surface area contributed by atoms with E-state index < -0.39 is 0 Å². The summed E-state index contributed by atoms with van der Waals surface area (Å²) in [6.45, 7) is 2.71. The monoisotopic (exact) mass is 259 g/mol. The van der Waals surface area contributed by atoms with Crippen LogP contribution >= 0.6 is 0 Å². The highest BCUT2D eigenvalue weighted by atomic mass is 16.4. The first-order valence-corrected chi connectivity index (χ1v) is 6.04. The molecule has 0 saturated carbocycles. The smallest absolute Gasteiger partial charge is 0.170 e. The normalized spacial score (nSPS) is 13.4. The van der Waals surface area contributed by atoms with E-state index in [4.69, 9.17) is 15.4 Å². The van der Waals surface area contributed by atoms with Gasteiger partial charge in [0.05, 0.1) is 12.3 Å². The van der Waals surface area contributed by atoms with Crippen LogP contribution in [0.1, 0.15) is 29.9 Å². The molecule has 0 spiro atoms. The van der Waals surface area contributed by atoms with Gasteiger partial charge in [-0.3, -0.25) is 0 Å². The highest BCUT2D eigenvalue weighted by Gasteiger charge is 2.07. The second kappa shape index (κ2) is 6.06. The van der Waals surface area contributed by atoms with Crippen LogP contribution in [0.15, 0.2) is 52.2 Å². The fraction of sp³-hybridized carbons (Fsp3) is 0.214. The van der Waals surface area contributed by atoms with Crippen molar-refractivity contribution >= 4 is 5.84 Å². The van der Waals surface area contributed by atoms with Crippen LogP contribution < -0.4 is 11.1 Å². The standard InChI is InChI=1S/C14H17N3O2/c1-10(13-6-3-7-19-13)16-9-11-4-2-5-12(8-11)14(15)17-18/h2-8,10,16,18H,9H2,1H3,(H2,15,17). The predicted octanol–water partition coefficient (Wildman–Crippen LogP) is 2.22. The Kier molecular flexibility index (Phi) is 4.20. The molecule has 0 fully saturated rings. The van der Waals surface area contributed by atoms with E-state index in [9.17, 15) is 0 Å². The van der Waals surface area contributed by atoms with Crippen molar-refractivity contribution in [3.63, 3.8) is 0 Å². The molecular formula is C14H17N3O2. The molecule has 0 amide bonds. The molecule has 0 aliphatic carbocycles. The molecule has 19 heavy (non-hydrogen) atoms. The first-order chi connectivity index (χ1) is 9.20. The maximum absolute atomic E-state index is 8.66. The van der Waals surface area contributed by atoms with Crippen LogP contribution in [0.2, 0.25) is 0 Å². The fourth-order valence-electron chi connectivity index (χ4n) is 1.81. The number of furan rings is 1. The largest absolute Gasteiger partial charge is 0.468 e. The molecule has 0 aliphatic heterocycles. The lowest BCUT2D eigenvalue weighted by Gasteiger charge is -2.11. The molecule has 1 heterocycles. The van der Waals surface area contributed by atoms with Crippen molar-refractivity contribution in [1.82, 2.24) is 5.32 Å². The van der Waals surface area contributed by atoms with E-state index in [1.165, 1.54) is 0 Å². The van der Waals surface area contributed by atoms with Crippen LogP contribution in [0, 0.1) is 0 Å². The number of amidine groups is 1. The molecule has 5 nitrogen and oxygen atoms in total. The Bertz CT molecular complexity index is 550. The predicted molar refractivity (Wildman–Crippen MR) is 72.9 cm³/mol. The van der Waals surface area contributed by atoms with Crippen molar-refractivity contribution in [2.45, 2.75) is 19.5 Å². The number of nitrogens with zero attached hydrogens (tertiary/aromatic N) is 1. The number of rotatable bonds is 5. The van der Waals surface area contributed by atoms with Crippen molar-refractivity contribution in [3.8, 4) is 0 Å². The Morgan fingerprint density at radius 1 is 1.42 bits per heavy atom. The summed E-state index contributed by atoms with van der Waals surface area (Å²) in [5.74, 6) is 1.01. The molecule has 1 aromatic carbocycles. The Labute approximate surface area is 111 Å². The quantitative estimate of drug-likeness (QED) is 0.333. The highest BCUT2D eigenvalue weighted by molar-refractivity contribution is 5.97. The van der Waals surface area contributed by atoms with Gasteiger partial charge in [0.1, 0.15) is 5.76 Å². The summed E-state index contributed by atoms with van der Waals surface area (Å²) in [7, 11) is 0. The zero-order chi connectivity index (χ0) is 13.7. The van der Waals surface area contributed by atoms with Crippen molar-refractivity contribution in [2.24, 2.45) is 10.9 Å². The molecule has 0 bridgehead atoms. The van der Waals surface area contributed by atoms with E-state index in [1.807, 2.05) is 37.3 Å². The third-order valence-electron chi connectivity index (χ3n) is 2.91. The maximum atomic E-state index is 8.66. The van der Waals surface area contributed by atoms with Gasteiger partial charge in [0.25, 0.3) is 0 Å². The number of nitrogens with two attached hydrogens (primary N) is 1. The van der Waals surface area contributed by atoms with E-state index in [2.05, 4.69) is 10.5 Å². The van der Waals surface area contributed by atoms with Gasteiger partial charge < -0.3 is 20.7 Å². The second-order valence-corrected chi connectivity index (χ2v) is 4.30. The van der Waals surface area contributed by atoms with Gasteiger partial charge in [-0.25, -0.2) is 0 Å². The van der Waals surface area contributed by atoms with Crippen molar-refractivity contribution < 1.29 is 9.62 Å². The Morgan fingerprint density at radius 2 is 2.26 bits per heavy atom. The molecule has 4 N–H and O–H groups in total. The minimum Gasteiger partial charge on any atom is -0.468 e. The van der Waals surface area contributed by atoms with E-state index >= 15 is 0 Å². The minimum absolute atomic E-state index is 0.112. The summed E-state index contributed by atoms with van der Waals surface area (Å²) in [5, 5.41) is 15.0. The molecule has 5 heteroatoms. The zero-order valence-corrected chi connectivity index (χ0v) is 10.7. The van der Waals surface area contributed by atoms with Crippen LogP contribution in [-0.2, 0) is 6.54 Å². The second-order valence-electron chi connectivity index (χ2n) is 4.30. The number of hydrogen-bond donors (Lipinski definition) is 3. The number of nitrogens with one attached hydrogen (secondary N) is 1. The zero-order valence-electron chi connectivity index (χ0n) is 10.7. The average Bonchev–Trinajstić information content (AvgIpc) is 2.98. The third kappa shape index (κ3) is 3.35. The van der Waals surface area contributed by atoms with Gasteiger partial charge in [-0.05, 0) is 30.7 Å². The summed E-state index contributed by atoms with van der Waals surface area (Å²) in [6, 6.07) is 11.5. The van der Waals surface area contributed by atoms with Gasteiger partial charge in [-0.15, -0.1) is 0 Å². The third-order valence-corrected chi connectivity index (χ3v) is 2.91. The lowest BCUT2D eigenvalue weighted by Crippen LogP contribution is -2.18. The van der Waals surface area contributed by atoms with Gasteiger partial charge in [-0.1, -0.05) is 23.4 Å². The molecule has 2 rings (SSSR count). The molecule has 0 saturated heterocycles. The van der Waals surface area contributed by atoms with Crippen LogP contribution in [-0.4, -0.2) is 11.0 Å². The topological polar surface area (TPSA) is 83.8 Å². The highest BCUT2D eigenvalue weighted by Crippen LogP contribution is 2.13. The first-order valence-electron chi connectivity index (χ1n) is 6.04. The maximum Gasteiger partial charge on any atom is 0.170 e. The van der Waals surface area contributed by atoms with Gasteiger partial charge in [0.2, 0.25) is 0 Å². The summed E-state index contributed by atoms with van der Waals surface area (Å²) >= 11 is 0. The van der Waals surface area contributed by atoms with E-state index in [0.717, 1.165) is 11.3 Å². The van der Waals surface area contributed by atoms with Crippen LogP contribution in [0.5, 0.6) is 0 Å². The first kappa shape index (κ1) is 13.2. The lowest BCUT2D eigenvalue weighted by atomic mass is 10.1. The molecule has 100 valence electrons. The molecule has 2 aromatic rings. The molecule has 0 aliphatic rings. The van der Waals surface area contributed by atoms with Gasteiger partial charge in [0.15, 0.2) is 5.84 Å². The summed E-state index contributed by atoms with van der Waals surface area (Å²) in [5.41, 5.74) is 7.32. The summed E-state index contributed by atoms with van der Waals surface area (Å²) in [6.07, 6.45) is 1.66. The molecule has 0 radical (unpaired) electrons. The van der Waals surface area contributed by atoms with Gasteiger partial charge >= 0.3 is 0 Å². The minimum atomic E-state index is 0.112. The lowest BCUT2D eigenvalue weighted by molar-refractivity contribution is 0.318. The molecule has 1 aromatic heterocycles. The van der Waals surface area contributed by atoms with Crippen molar-refractivity contribution in [2.75, 3.05) is 0 Å². The van der Waals surface area contributed by atoms with E-state index in [0.29, 0.717) is 12.1 Å². The van der Waals surface area contributed by atoms with Gasteiger partial charge in [-0.2, -0.15) is 0 Å². The SMILES string of the molecule is CC(NCc1cccc(C(N)=NO)c1)c1ccco1. The molecule has 1 unspecified atom stereocenters. The number of oxime groups is 1. The van der Waals surface area contributed by atoms with Gasteiger partial charge in [0, 0.05) is 12.1 Å². The summed E-state index contributed by atoms with van der Waals surface area (Å²) < 4.78 is 5.33. The van der Waals surface area contributed by atoms with Crippen LogP contribution in [0.4, 0.5) is 0 Å². The number of hydrogen-bond acceptors (Lipinski definition) is 4. The Hall–Kier alpha value is -2.27. The Morgan fingerprint density at radius 3 is 2.95 bits per heavy atom. The number of benzene rings is 1. The fourth-order valence-corrected chi connectivity index (χ4v) is 1.81. The van der Waals surface area contributed by atoms with Crippen molar-refractivity contribution in [1.29, 1.82) is 0 Å². The summed E-state index contributed by atoms with van der Waals surface area (Å²) in [4.78, 5) is 0. The molecular weight excluding hydrogens is 242 g/mol. The van der Waals surface area contributed by atoms with Crippen LogP contribution in [0.25, 0.3) is 0 Å². The van der Waals surface area contributed by atoms with E-state index in [-0.39, 0.29) is 11.9 Å². The molecule has 1 atom stereocenters. The Balaban J connectivity index is 2.00. The average molecular weight is 259 g/mol. The van der Waals surface area contributed by atoms with Crippen molar-refractivity contribution in [3.05, 3.63) is 59.5 Å². The van der Waals surface area contributed by atoms with Crippen LogP contribution in [0.3, 0.4) is 0 Å². The van der Waals surface area contributed by atoms with E-state index in [1.54, 1.807) is 12.3 Å².